The molecule has 2 N–H and O–H groups in total. The van der Waals surface area contributed by atoms with Crippen LogP contribution in [0.1, 0.15) is 18.1 Å². The van der Waals surface area contributed by atoms with Crippen LogP contribution in [0.2, 0.25) is 0 Å². The molecule has 0 aliphatic heterocycles. The van der Waals surface area contributed by atoms with Crippen molar-refractivity contribution in [1.29, 1.82) is 0 Å². The number of benzene rings is 1. The van der Waals surface area contributed by atoms with Gasteiger partial charge in [0.2, 0.25) is 0 Å². The molecule has 0 spiro atoms. The lowest BCUT2D eigenvalue weighted by molar-refractivity contribution is 0.601. The summed E-state index contributed by atoms with van der Waals surface area (Å²) in [6.07, 6.45) is 6.43. The Hall–Kier alpha value is -2.00. The second-order valence-electron chi connectivity index (χ2n) is 4.64. The molecule has 1 aromatic carbocycles. The first-order valence-electron chi connectivity index (χ1n) is 6.66. The summed E-state index contributed by atoms with van der Waals surface area (Å²) in [5, 5.41) is 6.10. The van der Waals surface area contributed by atoms with E-state index in [-0.39, 0.29) is 5.75 Å². The molecule has 0 unspecified atom stereocenters. The van der Waals surface area contributed by atoms with Crippen molar-refractivity contribution in [1.82, 2.24) is 10.6 Å². The first-order valence-corrected chi connectivity index (χ1v) is 8.72. The van der Waals surface area contributed by atoms with Gasteiger partial charge in [-0.25, -0.2) is 13.4 Å². The van der Waals surface area contributed by atoms with E-state index >= 15 is 0 Å². The maximum absolute atomic E-state index is 11.2. The van der Waals surface area contributed by atoms with E-state index in [4.69, 9.17) is 6.42 Å². The average Bonchev–Trinajstić information content (AvgIpc) is 2.42. The number of hydrogen-bond donors (Lipinski definition) is 2. The molecule has 0 saturated heterocycles. The molecule has 1 rings (SSSR count). The molecule has 1 aromatic rings. The molecule has 0 atom stereocenters. The van der Waals surface area contributed by atoms with Crippen molar-refractivity contribution in [3.8, 4) is 12.3 Å². The Kier molecular flexibility index (Phi) is 6.76. The van der Waals surface area contributed by atoms with Crippen LogP contribution in [0.5, 0.6) is 0 Å². The lowest BCUT2D eigenvalue weighted by atomic mass is 10.1. The Bertz CT molecular complexity index is 613. The van der Waals surface area contributed by atoms with E-state index in [9.17, 15) is 8.42 Å². The molecule has 114 valence electrons. The summed E-state index contributed by atoms with van der Waals surface area (Å²) in [7, 11) is -3.00. The van der Waals surface area contributed by atoms with Crippen molar-refractivity contribution in [2.75, 3.05) is 19.3 Å². The van der Waals surface area contributed by atoms with Crippen LogP contribution in [0, 0.1) is 12.3 Å². The van der Waals surface area contributed by atoms with Crippen LogP contribution in [0.4, 0.5) is 0 Å². The zero-order valence-corrected chi connectivity index (χ0v) is 13.2. The van der Waals surface area contributed by atoms with Crippen molar-refractivity contribution in [3.63, 3.8) is 0 Å². The Balaban J connectivity index is 2.67. The molecule has 0 aliphatic carbocycles. The number of hydrogen-bond acceptors (Lipinski definition) is 3. The third kappa shape index (κ3) is 7.37. The summed E-state index contributed by atoms with van der Waals surface area (Å²) < 4.78 is 22.4. The highest BCUT2D eigenvalue weighted by Crippen LogP contribution is 2.08. The summed E-state index contributed by atoms with van der Waals surface area (Å²) >= 11 is 0. The van der Waals surface area contributed by atoms with E-state index in [0.717, 1.165) is 17.7 Å². The molecule has 0 heterocycles. The molecule has 0 saturated carbocycles. The molecule has 5 nitrogen and oxygen atoms in total. The fourth-order valence-electron chi connectivity index (χ4n) is 1.69. The van der Waals surface area contributed by atoms with E-state index in [1.165, 1.54) is 6.26 Å². The van der Waals surface area contributed by atoms with E-state index in [1.807, 2.05) is 31.2 Å². The predicted octanol–water partition coefficient (Wildman–Crippen LogP) is 0.919. The van der Waals surface area contributed by atoms with Gasteiger partial charge in [0, 0.05) is 12.8 Å². The van der Waals surface area contributed by atoms with Gasteiger partial charge in [-0.3, -0.25) is 0 Å². The van der Waals surface area contributed by atoms with Gasteiger partial charge in [-0.15, -0.1) is 6.42 Å². The minimum atomic E-state index is -3.00. The third-order valence-electron chi connectivity index (χ3n) is 2.57. The van der Waals surface area contributed by atoms with Gasteiger partial charge in [-0.05, 0) is 18.1 Å². The highest BCUT2D eigenvalue weighted by atomic mass is 32.2. The van der Waals surface area contributed by atoms with Gasteiger partial charge in [0.15, 0.2) is 15.8 Å². The fraction of sp³-hybridized carbons (Fsp3) is 0.400. The fourth-order valence-corrected chi connectivity index (χ4v) is 2.49. The van der Waals surface area contributed by atoms with Crippen LogP contribution < -0.4 is 10.6 Å². The zero-order valence-electron chi connectivity index (χ0n) is 12.4. The summed E-state index contributed by atoms with van der Waals surface area (Å²) in [4.78, 5) is 4.41. The summed E-state index contributed by atoms with van der Waals surface area (Å²) in [6, 6.07) is 7.39. The SMILES string of the molecule is C#CCNC(=NCc1ccc(CS(C)(=O)=O)cc1)NCC. The quantitative estimate of drug-likeness (QED) is 0.466. The summed E-state index contributed by atoms with van der Waals surface area (Å²) in [5.74, 6) is 3.22. The smallest absolute Gasteiger partial charge is 0.192 e. The molecule has 0 aliphatic rings. The largest absolute Gasteiger partial charge is 0.357 e. The molecule has 0 bridgehead atoms. The lowest BCUT2D eigenvalue weighted by Crippen LogP contribution is -2.37. The van der Waals surface area contributed by atoms with Gasteiger partial charge >= 0.3 is 0 Å². The zero-order chi connectivity index (χ0) is 15.7. The van der Waals surface area contributed by atoms with Crippen LogP contribution in [-0.2, 0) is 22.1 Å². The second-order valence-corrected chi connectivity index (χ2v) is 6.78. The topological polar surface area (TPSA) is 70.6 Å². The van der Waals surface area contributed by atoms with Crippen molar-refractivity contribution < 1.29 is 8.42 Å². The number of nitrogens with one attached hydrogen (secondary N) is 2. The van der Waals surface area contributed by atoms with Crippen molar-refractivity contribution >= 4 is 15.8 Å². The Labute approximate surface area is 126 Å². The van der Waals surface area contributed by atoms with Crippen molar-refractivity contribution in [2.24, 2.45) is 4.99 Å². The molecule has 0 fully saturated rings. The summed E-state index contributed by atoms with van der Waals surface area (Å²) in [5.41, 5.74) is 1.78. The third-order valence-corrected chi connectivity index (χ3v) is 3.43. The normalized spacial score (nSPS) is 11.8. The number of rotatable bonds is 6. The second kappa shape index (κ2) is 8.32. The Morgan fingerprint density at radius 2 is 1.86 bits per heavy atom. The maximum Gasteiger partial charge on any atom is 0.192 e. The standard InChI is InChI=1S/C15H21N3O2S/c1-4-10-17-15(16-5-2)18-11-13-6-8-14(9-7-13)12-21(3,19)20/h1,6-9H,5,10-12H2,2-3H3,(H2,16,17,18). The Morgan fingerprint density at radius 3 is 2.38 bits per heavy atom. The van der Waals surface area contributed by atoms with Crippen LogP contribution in [0.25, 0.3) is 0 Å². The average molecular weight is 307 g/mol. The number of aliphatic imine (C=N–C) groups is 1. The molecule has 0 radical (unpaired) electrons. The number of guanidine groups is 1. The van der Waals surface area contributed by atoms with Crippen LogP contribution in [0.3, 0.4) is 0 Å². The number of nitrogens with zero attached hydrogens (tertiary/aromatic N) is 1. The number of terminal acetylenes is 1. The van der Waals surface area contributed by atoms with E-state index < -0.39 is 9.84 Å². The van der Waals surface area contributed by atoms with Crippen molar-refractivity contribution in [2.45, 2.75) is 19.2 Å². The van der Waals surface area contributed by atoms with Gasteiger partial charge < -0.3 is 10.6 Å². The molecule has 0 aromatic heterocycles. The predicted molar refractivity (Wildman–Crippen MR) is 86.6 cm³/mol. The lowest BCUT2D eigenvalue weighted by Gasteiger charge is -2.09. The van der Waals surface area contributed by atoms with Crippen molar-refractivity contribution in [3.05, 3.63) is 35.4 Å². The first-order chi connectivity index (χ1) is 9.94. The summed E-state index contributed by atoms with van der Waals surface area (Å²) in [6.45, 7) is 3.65. The molecule has 6 heteroatoms. The number of sulfone groups is 1. The van der Waals surface area contributed by atoms with Gasteiger partial charge in [0.1, 0.15) is 0 Å². The van der Waals surface area contributed by atoms with E-state index in [1.54, 1.807) is 0 Å². The van der Waals surface area contributed by atoms with Crippen LogP contribution in [0.15, 0.2) is 29.3 Å². The maximum atomic E-state index is 11.2. The minimum Gasteiger partial charge on any atom is -0.357 e. The molecule has 0 amide bonds. The molecular formula is C15H21N3O2S. The van der Waals surface area contributed by atoms with Gasteiger partial charge in [0.05, 0.1) is 18.8 Å². The van der Waals surface area contributed by atoms with Gasteiger partial charge in [0.25, 0.3) is 0 Å². The molecule has 21 heavy (non-hydrogen) atoms. The Morgan fingerprint density at radius 1 is 1.24 bits per heavy atom. The van der Waals surface area contributed by atoms with Gasteiger partial charge in [-0.1, -0.05) is 30.2 Å². The first kappa shape index (κ1) is 17.1. The molecular weight excluding hydrogens is 286 g/mol. The highest BCUT2D eigenvalue weighted by Gasteiger charge is 2.04. The van der Waals surface area contributed by atoms with Gasteiger partial charge in [-0.2, -0.15) is 0 Å². The van der Waals surface area contributed by atoms with Crippen LogP contribution in [-0.4, -0.2) is 33.7 Å². The van der Waals surface area contributed by atoms with Crippen LogP contribution >= 0.6 is 0 Å². The monoisotopic (exact) mass is 307 g/mol. The minimum absolute atomic E-state index is 0.0584. The van der Waals surface area contributed by atoms with E-state index in [2.05, 4.69) is 21.5 Å². The highest BCUT2D eigenvalue weighted by molar-refractivity contribution is 7.89. The van der Waals surface area contributed by atoms with E-state index in [0.29, 0.717) is 19.0 Å².